The molecular formula is C19H28N2O5. The van der Waals surface area contributed by atoms with Gasteiger partial charge < -0.3 is 19.4 Å². The molecule has 1 saturated heterocycles. The number of unbranched alkanes of at least 4 members (excludes halogenated alkanes) is 5. The van der Waals surface area contributed by atoms with Gasteiger partial charge in [0.05, 0.1) is 18.1 Å². The summed E-state index contributed by atoms with van der Waals surface area (Å²) in [7, 11) is 0. The Morgan fingerprint density at radius 3 is 2.77 bits per heavy atom. The van der Waals surface area contributed by atoms with Gasteiger partial charge in [0, 0.05) is 19.0 Å². The molecule has 144 valence electrons. The molecule has 0 saturated carbocycles. The van der Waals surface area contributed by atoms with Gasteiger partial charge in [-0.2, -0.15) is 4.98 Å². The third-order valence-electron chi connectivity index (χ3n) is 4.96. The number of hydrogen-bond acceptors (Lipinski definition) is 6. The Labute approximate surface area is 152 Å². The standard InChI is InChI=1S/C19H28N2O5/c1-2-3-4-5-6-7-8-14-9-13-11-21(19(24)20-18(13)25-14)17-10-15(23)16(12-22)26-17/h9,11,15-17,22-23H,2-8,10,12H2,1H3/t15-,16+,17+/m0/s1. The summed E-state index contributed by atoms with van der Waals surface area (Å²) < 4.78 is 12.6. The minimum atomic E-state index is -0.791. The van der Waals surface area contributed by atoms with Crippen molar-refractivity contribution in [1.82, 2.24) is 9.55 Å². The maximum absolute atomic E-state index is 12.3. The Kier molecular flexibility index (Phi) is 6.45. The monoisotopic (exact) mass is 364 g/mol. The fraction of sp³-hybridized carbons (Fsp3) is 0.684. The number of aliphatic hydroxyl groups excluding tert-OH is 2. The molecule has 2 aromatic rings. The minimum Gasteiger partial charge on any atom is -0.443 e. The van der Waals surface area contributed by atoms with Gasteiger partial charge in [-0.1, -0.05) is 39.0 Å². The third kappa shape index (κ3) is 4.34. The van der Waals surface area contributed by atoms with E-state index in [1.165, 1.54) is 36.7 Å². The van der Waals surface area contributed by atoms with Crippen molar-refractivity contribution in [3.63, 3.8) is 0 Å². The van der Waals surface area contributed by atoms with Gasteiger partial charge in [0.25, 0.3) is 0 Å². The molecule has 0 unspecified atom stereocenters. The van der Waals surface area contributed by atoms with Gasteiger partial charge in [-0.25, -0.2) is 4.79 Å². The van der Waals surface area contributed by atoms with Crippen LogP contribution in [0.4, 0.5) is 0 Å². The first-order chi connectivity index (χ1) is 12.6. The number of ether oxygens (including phenoxy) is 1. The Bertz CT molecular complexity index is 769. The lowest BCUT2D eigenvalue weighted by molar-refractivity contribution is -0.0457. The fourth-order valence-corrected chi connectivity index (χ4v) is 3.44. The van der Waals surface area contributed by atoms with Crippen LogP contribution in [-0.2, 0) is 11.2 Å². The molecule has 3 heterocycles. The zero-order valence-corrected chi connectivity index (χ0v) is 15.3. The number of aryl methyl sites for hydroxylation is 1. The average molecular weight is 364 g/mol. The van der Waals surface area contributed by atoms with Crippen LogP contribution < -0.4 is 5.69 Å². The lowest BCUT2D eigenvalue weighted by Crippen LogP contribution is -2.27. The van der Waals surface area contributed by atoms with Gasteiger partial charge in [0.2, 0.25) is 5.71 Å². The van der Waals surface area contributed by atoms with E-state index in [9.17, 15) is 15.0 Å². The van der Waals surface area contributed by atoms with Gasteiger partial charge in [-0.05, 0) is 12.5 Å². The summed E-state index contributed by atoms with van der Waals surface area (Å²) in [5.41, 5.74) is -0.141. The van der Waals surface area contributed by atoms with Gasteiger partial charge in [0.15, 0.2) is 0 Å². The molecule has 1 aliphatic rings. The topological polar surface area (TPSA) is 97.7 Å². The van der Waals surface area contributed by atoms with Crippen molar-refractivity contribution in [3.05, 3.63) is 28.5 Å². The van der Waals surface area contributed by atoms with Crippen molar-refractivity contribution in [1.29, 1.82) is 0 Å². The highest BCUT2D eigenvalue weighted by molar-refractivity contribution is 5.72. The highest BCUT2D eigenvalue weighted by Crippen LogP contribution is 2.28. The van der Waals surface area contributed by atoms with E-state index in [4.69, 9.17) is 9.15 Å². The highest BCUT2D eigenvalue weighted by Gasteiger charge is 2.35. The first kappa shape index (κ1) is 19.1. The molecular weight excluding hydrogens is 336 g/mol. The van der Waals surface area contributed by atoms with Crippen LogP contribution in [0, 0.1) is 0 Å². The Morgan fingerprint density at radius 1 is 1.27 bits per heavy atom. The van der Waals surface area contributed by atoms with E-state index >= 15 is 0 Å². The normalized spacial score (nSPS) is 23.1. The summed E-state index contributed by atoms with van der Waals surface area (Å²) in [5.74, 6) is 0.834. The number of fused-ring (bicyclic) bond motifs is 1. The Morgan fingerprint density at radius 2 is 2.04 bits per heavy atom. The van der Waals surface area contributed by atoms with E-state index in [-0.39, 0.29) is 13.0 Å². The van der Waals surface area contributed by atoms with Crippen LogP contribution in [0.2, 0.25) is 0 Å². The molecule has 0 aromatic carbocycles. The van der Waals surface area contributed by atoms with Gasteiger partial charge in [0.1, 0.15) is 18.1 Å². The molecule has 0 bridgehead atoms. The SMILES string of the molecule is CCCCCCCCc1cc2cn([C@H]3C[C@H](O)[C@@H](CO)O3)c(=O)nc2o1. The zero-order chi connectivity index (χ0) is 18.5. The van der Waals surface area contributed by atoms with Crippen molar-refractivity contribution >= 4 is 11.1 Å². The molecule has 7 heteroatoms. The zero-order valence-electron chi connectivity index (χ0n) is 15.3. The van der Waals surface area contributed by atoms with Crippen molar-refractivity contribution in [2.45, 2.75) is 76.7 Å². The van der Waals surface area contributed by atoms with Crippen LogP contribution in [0.5, 0.6) is 0 Å². The predicted molar refractivity (Wildman–Crippen MR) is 97.0 cm³/mol. The first-order valence-electron chi connectivity index (χ1n) is 9.58. The van der Waals surface area contributed by atoms with E-state index < -0.39 is 24.1 Å². The number of hydrogen-bond donors (Lipinski definition) is 2. The van der Waals surface area contributed by atoms with E-state index in [2.05, 4.69) is 11.9 Å². The minimum absolute atomic E-state index is 0.251. The average Bonchev–Trinajstić information content (AvgIpc) is 3.19. The van der Waals surface area contributed by atoms with Crippen molar-refractivity contribution in [2.75, 3.05) is 6.61 Å². The summed E-state index contributed by atoms with van der Waals surface area (Å²) in [4.78, 5) is 16.3. The molecule has 0 spiro atoms. The number of rotatable bonds is 9. The Hall–Kier alpha value is -1.70. The third-order valence-corrected chi connectivity index (χ3v) is 4.96. The summed E-state index contributed by atoms with van der Waals surface area (Å²) in [6.07, 6.45) is 7.95. The second kappa shape index (κ2) is 8.79. The number of furan rings is 1. The lowest BCUT2D eigenvalue weighted by atomic mass is 10.1. The predicted octanol–water partition coefficient (Wildman–Crippen LogP) is 2.53. The molecule has 2 N–H and O–H groups in total. The molecule has 7 nitrogen and oxygen atoms in total. The quantitative estimate of drug-likeness (QED) is 0.664. The van der Waals surface area contributed by atoms with Crippen LogP contribution in [0.25, 0.3) is 11.1 Å². The first-order valence-corrected chi connectivity index (χ1v) is 9.58. The molecule has 1 fully saturated rings. The summed E-state index contributed by atoms with van der Waals surface area (Å²) >= 11 is 0. The largest absolute Gasteiger partial charge is 0.443 e. The summed E-state index contributed by atoms with van der Waals surface area (Å²) in [6, 6.07) is 1.92. The lowest BCUT2D eigenvalue weighted by Gasteiger charge is -2.13. The number of nitrogens with zero attached hydrogens (tertiary/aromatic N) is 2. The van der Waals surface area contributed by atoms with Crippen molar-refractivity contribution in [3.8, 4) is 0 Å². The molecule has 2 aromatic heterocycles. The highest BCUT2D eigenvalue weighted by atomic mass is 16.5. The number of aliphatic hydroxyl groups is 2. The van der Waals surface area contributed by atoms with Crippen LogP contribution in [-0.4, -0.2) is 38.6 Å². The maximum atomic E-state index is 12.3. The molecule has 0 amide bonds. The smallest absolute Gasteiger partial charge is 0.353 e. The fourth-order valence-electron chi connectivity index (χ4n) is 3.44. The van der Waals surface area contributed by atoms with Gasteiger partial charge >= 0.3 is 5.69 Å². The molecule has 3 rings (SSSR count). The maximum Gasteiger partial charge on any atom is 0.353 e. The molecule has 26 heavy (non-hydrogen) atoms. The van der Waals surface area contributed by atoms with Crippen LogP contribution in [0.1, 0.15) is 63.9 Å². The second-order valence-corrected chi connectivity index (χ2v) is 7.04. The molecule has 0 radical (unpaired) electrons. The molecule has 1 aliphatic heterocycles. The van der Waals surface area contributed by atoms with Crippen LogP contribution >= 0.6 is 0 Å². The Balaban J connectivity index is 1.66. The van der Waals surface area contributed by atoms with E-state index in [1.54, 1.807) is 6.20 Å². The van der Waals surface area contributed by atoms with Crippen LogP contribution in [0.3, 0.4) is 0 Å². The van der Waals surface area contributed by atoms with E-state index in [1.807, 2.05) is 6.07 Å². The van der Waals surface area contributed by atoms with Crippen molar-refractivity contribution in [2.24, 2.45) is 0 Å². The summed E-state index contributed by atoms with van der Waals surface area (Å²) in [5, 5.41) is 19.8. The van der Waals surface area contributed by atoms with Crippen molar-refractivity contribution < 1.29 is 19.4 Å². The molecule has 0 aliphatic carbocycles. The van der Waals surface area contributed by atoms with Crippen LogP contribution in [0.15, 0.2) is 21.5 Å². The summed E-state index contributed by atoms with van der Waals surface area (Å²) in [6.45, 7) is 1.93. The number of aromatic nitrogens is 2. The second-order valence-electron chi connectivity index (χ2n) is 7.04. The van der Waals surface area contributed by atoms with E-state index in [0.717, 1.165) is 24.0 Å². The van der Waals surface area contributed by atoms with E-state index in [0.29, 0.717) is 5.71 Å². The van der Waals surface area contributed by atoms with Gasteiger partial charge in [-0.15, -0.1) is 0 Å². The molecule has 3 atom stereocenters. The van der Waals surface area contributed by atoms with Gasteiger partial charge in [-0.3, -0.25) is 4.57 Å².